The Balaban J connectivity index is 2.39. The van der Waals surface area contributed by atoms with Crippen molar-refractivity contribution in [2.75, 3.05) is 6.61 Å². The van der Waals surface area contributed by atoms with Crippen molar-refractivity contribution in [3.63, 3.8) is 0 Å². The summed E-state index contributed by atoms with van der Waals surface area (Å²) in [5.41, 5.74) is 2.36. The molecule has 1 atom stereocenters. The van der Waals surface area contributed by atoms with Crippen LogP contribution in [-0.4, -0.2) is 17.7 Å². The van der Waals surface area contributed by atoms with Gasteiger partial charge in [0.05, 0.1) is 6.61 Å². The van der Waals surface area contributed by atoms with Crippen LogP contribution in [0.25, 0.3) is 11.1 Å². The second kappa shape index (κ2) is 6.16. The van der Waals surface area contributed by atoms with Crippen molar-refractivity contribution < 1.29 is 14.6 Å². The van der Waals surface area contributed by atoms with E-state index in [1.165, 1.54) is 0 Å². The molecule has 1 N–H and O–H groups in total. The minimum absolute atomic E-state index is 0.253. The minimum Gasteiger partial charge on any atom is -0.464 e. The molecule has 0 saturated heterocycles. The smallest absolute Gasteiger partial charge is 0.339 e. The van der Waals surface area contributed by atoms with Gasteiger partial charge in [-0.05, 0) is 23.6 Å². The predicted octanol–water partition coefficient (Wildman–Crippen LogP) is 2.95. The summed E-state index contributed by atoms with van der Waals surface area (Å²) in [5, 5.41) is 10.1. The number of hydrogen-bond acceptors (Lipinski definition) is 3. The van der Waals surface area contributed by atoms with Crippen LogP contribution in [0.1, 0.15) is 18.6 Å². The molecule has 0 aliphatic heterocycles. The van der Waals surface area contributed by atoms with E-state index in [-0.39, 0.29) is 6.61 Å². The summed E-state index contributed by atoms with van der Waals surface area (Å²) >= 11 is 0. The molecule has 0 bridgehead atoms. The molecule has 0 saturated carbocycles. The fourth-order valence-electron chi connectivity index (χ4n) is 1.96. The van der Waals surface area contributed by atoms with Gasteiger partial charge < -0.3 is 9.84 Å². The van der Waals surface area contributed by atoms with Gasteiger partial charge in [0, 0.05) is 0 Å². The fourth-order valence-corrected chi connectivity index (χ4v) is 1.96. The first-order chi connectivity index (χ1) is 9.24. The predicted molar refractivity (Wildman–Crippen MR) is 73.5 cm³/mol. The van der Waals surface area contributed by atoms with Gasteiger partial charge in [0.15, 0.2) is 6.10 Å². The van der Waals surface area contributed by atoms with Crippen molar-refractivity contribution in [1.29, 1.82) is 0 Å². The molecule has 0 spiro atoms. The van der Waals surface area contributed by atoms with E-state index >= 15 is 0 Å². The maximum atomic E-state index is 11.7. The Hall–Kier alpha value is -2.13. The molecular weight excluding hydrogens is 240 g/mol. The number of hydrogen-bond donors (Lipinski definition) is 1. The number of aliphatic hydroxyl groups excluding tert-OH is 1. The molecule has 0 amide bonds. The van der Waals surface area contributed by atoms with Crippen LogP contribution in [0.3, 0.4) is 0 Å². The van der Waals surface area contributed by atoms with Gasteiger partial charge in [-0.25, -0.2) is 4.79 Å². The van der Waals surface area contributed by atoms with E-state index < -0.39 is 12.1 Å². The maximum Gasteiger partial charge on any atom is 0.339 e. The van der Waals surface area contributed by atoms with E-state index in [9.17, 15) is 9.90 Å². The monoisotopic (exact) mass is 256 g/mol. The summed E-state index contributed by atoms with van der Waals surface area (Å²) in [4.78, 5) is 11.7. The molecule has 0 aliphatic carbocycles. The van der Waals surface area contributed by atoms with Crippen LogP contribution in [0, 0.1) is 0 Å². The van der Waals surface area contributed by atoms with Gasteiger partial charge >= 0.3 is 5.97 Å². The van der Waals surface area contributed by atoms with Crippen LogP contribution >= 0.6 is 0 Å². The van der Waals surface area contributed by atoms with Crippen molar-refractivity contribution >= 4 is 5.97 Å². The summed E-state index contributed by atoms with van der Waals surface area (Å²) in [7, 11) is 0. The molecule has 2 rings (SSSR count). The van der Waals surface area contributed by atoms with Crippen LogP contribution in [0.2, 0.25) is 0 Å². The van der Waals surface area contributed by atoms with Crippen molar-refractivity contribution in [1.82, 2.24) is 0 Å². The lowest BCUT2D eigenvalue weighted by atomic mass is 9.96. The van der Waals surface area contributed by atoms with Crippen molar-refractivity contribution in [2.24, 2.45) is 0 Å². The highest BCUT2D eigenvalue weighted by Gasteiger charge is 2.21. The van der Waals surface area contributed by atoms with Crippen molar-refractivity contribution in [3.05, 3.63) is 60.2 Å². The largest absolute Gasteiger partial charge is 0.464 e. The third kappa shape index (κ3) is 3.01. The summed E-state index contributed by atoms with van der Waals surface area (Å²) in [5.74, 6) is -0.620. The average molecular weight is 256 g/mol. The molecule has 0 radical (unpaired) electrons. The highest BCUT2D eigenvalue weighted by atomic mass is 16.5. The normalized spacial score (nSPS) is 11.9. The fraction of sp³-hybridized carbons (Fsp3) is 0.188. The first-order valence-electron chi connectivity index (χ1n) is 6.23. The van der Waals surface area contributed by atoms with Gasteiger partial charge in [-0.15, -0.1) is 0 Å². The summed E-state index contributed by atoms with van der Waals surface area (Å²) in [6.45, 7) is 1.97. The second-order valence-electron chi connectivity index (χ2n) is 4.11. The number of carbonyl (C=O) groups is 1. The number of aliphatic hydroxyl groups is 1. The SMILES string of the molecule is CCOC(=O)C(O)c1ccccc1-c1ccccc1. The molecule has 2 aromatic rings. The lowest BCUT2D eigenvalue weighted by Gasteiger charge is -2.14. The summed E-state index contributed by atoms with van der Waals surface area (Å²) in [6.07, 6.45) is -1.25. The lowest BCUT2D eigenvalue weighted by Crippen LogP contribution is -2.16. The number of carbonyl (C=O) groups excluding carboxylic acids is 1. The molecule has 3 nitrogen and oxygen atoms in total. The highest BCUT2D eigenvalue weighted by molar-refractivity contribution is 5.80. The summed E-state index contributed by atoms with van der Waals surface area (Å²) in [6, 6.07) is 16.9. The number of benzene rings is 2. The Labute approximate surface area is 112 Å². The van der Waals surface area contributed by atoms with E-state index in [2.05, 4.69) is 0 Å². The zero-order valence-corrected chi connectivity index (χ0v) is 10.7. The molecule has 19 heavy (non-hydrogen) atoms. The number of ether oxygens (including phenoxy) is 1. The van der Waals surface area contributed by atoms with Gasteiger partial charge in [-0.1, -0.05) is 54.6 Å². The molecule has 0 fully saturated rings. The molecule has 3 heteroatoms. The van der Waals surface area contributed by atoms with Crippen molar-refractivity contribution in [2.45, 2.75) is 13.0 Å². The Kier molecular flexibility index (Phi) is 4.31. The van der Waals surface area contributed by atoms with Gasteiger partial charge in [-0.2, -0.15) is 0 Å². The van der Waals surface area contributed by atoms with Crippen LogP contribution in [-0.2, 0) is 9.53 Å². The molecule has 0 heterocycles. The van der Waals surface area contributed by atoms with Crippen molar-refractivity contribution in [3.8, 4) is 11.1 Å². The van der Waals surface area contributed by atoms with E-state index in [0.717, 1.165) is 11.1 Å². The molecule has 1 unspecified atom stereocenters. The third-order valence-electron chi connectivity index (χ3n) is 2.85. The Morgan fingerprint density at radius 3 is 2.42 bits per heavy atom. The topological polar surface area (TPSA) is 46.5 Å². The third-order valence-corrected chi connectivity index (χ3v) is 2.85. The van der Waals surface area contributed by atoms with Crippen LogP contribution in [0.15, 0.2) is 54.6 Å². The lowest BCUT2D eigenvalue weighted by molar-refractivity contribution is -0.153. The first kappa shape index (κ1) is 13.3. The number of esters is 1. The molecule has 2 aromatic carbocycles. The molecule has 0 aliphatic rings. The van der Waals surface area contributed by atoms with E-state index in [0.29, 0.717) is 5.56 Å². The van der Waals surface area contributed by atoms with E-state index in [4.69, 9.17) is 4.74 Å². The van der Waals surface area contributed by atoms with E-state index in [1.807, 2.05) is 42.5 Å². The van der Waals surface area contributed by atoms with Gasteiger partial charge in [0.25, 0.3) is 0 Å². The van der Waals surface area contributed by atoms with Crippen LogP contribution in [0.4, 0.5) is 0 Å². The highest BCUT2D eigenvalue weighted by Crippen LogP contribution is 2.28. The second-order valence-corrected chi connectivity index (χ2v) is 4.11. The quantitative estimate of drug-likeness (QED) is 0.855. The molecular formula is C16H16O3. The Bertz CT molecular complexity index is 549. The molecule has 0 aromatic heterocycles. The van der Waals surface area contributed by atoms with Gasteiger partial charge in [0.1, 0.15) is 0 Å². The maximum absolute atomic E-state index is 11.7. The molecule has 98 valence electrons. The van der Waals surface area contributed by atoms with Crippen LogP contribution in [0.5, 0.6) is 0 Å². The van der Waals surface area contributed by atoms with Crippen LogP contribution < -0.4 is 0 Å². The van der Waals surface area contributed by atoms with E-state index in [1.54, 1.807) is 19.1 Å². The minimum atomic E-state index is -1.25. The number of rotatable bonds is 4. The zero-order valence-electron chi connectivity index (χ0n) is 10.7. The standard InChI is InChI=1S/C16H16O3/c1-2-19-16(18)15(17)14-11-7-6-10-13(14)12-8-4-3-5-9-12/h3-11,15,17H,2H2,1H3. The summed E-state index contributed by atoms with van der Waals surface area (Å²) < 4.78 is 4.86. The first-order valence-corrected chi connectivity index (χ1v) is 6.23. The van der Waals surface area contributed by atoms with Gasteiger partial charge in [0.2, 0.25) is 0 Å². The Morgan fingerprint density at radius 2 is 1.74 bits per heavy atom. The average Bonchev–Trinajstić information content (AvgIpc) is 2.47. The zero-order chi connectivity index (χ0) is 13.7. The Morgan fingerprint density at radius 1 is 1.11 bits per heavy atom. The van der Waals surface area contributed by atoms with Gasteiger partial charge in [-0.3, -0.25) is 0 Å².